The molecule has 0 aliphatic carbocycles. The summed E-state index contributed by atoms with van der Waals surface area (Å²) in [5, 5.41) is 3.86. The standard InChI is InChI=1S/C16H20F3N5O/c1-2-3-4-6-24-14-10(8-21-24)13(20)12-11(22-14)9-23(15(12)25)7-5-16(17,18)19/h8-9,21H,2-7,20H2,1H3. The molecule has 136 valence electrons. The van der Waals surface area contributed by atoms with Crippen LogP contribution in [-0.4, -0.2) is 25.5 Å². The summed E-state index contributed by atoms with van der Waals surface area (Å²) in [5.41, 5.74) is 6.75. The number of nitrogens with one attached hydrogen (secondary N) is 1. The molecule has 0 aliphatic heterocycles. The fourth-order valence-electron chi connectivity index (χ4n) is 2.95. The van der Waals surface area contributed by atoms with Gasteiger partial charge >= 0.3 is 6.18 Å². The number of pyridine rings is 1. The van der Waals surface area contributed by atoms with E-state index in [1.54, 1.807) is 6.20 Å². The Morgan fingerprint density at radius 2 is 2.04 bits per heavy atom. The molecule has 0 atom stereocenters. The zero-order valence-electron chi connectivity index (χ0n) is 13.9. The molecule has 25 heavy (non-hydrogen) atoms. The smallest absolute Gasteiger partial charge is 0.390 e. The normalized spacial score (nSPS) is 12.5. The lowest BCUT2D eigenvalue weighted by atomic mass is 10.2. The maximum Gasteiger partial charge on any atom is 0.390 e. The molecule has 3 N–H and O–H groups in total. The highest BCUT2D eigenvalue weighted by Crippen LogP contribution is 2.27. The third kappa shape index (κ3) is 3.35. The van der Waals surface area contributed by atoms with Gasteiger partial charge in [-0.25, -0.2) is 4.98 Å². The number of fused-ring (bicyclic) bond motifs is 2. The topological polar surface area (TPSA) is 81.6 Å². The fraction of sp³-hybridized carbons (Fsp3) is 0.500. The Hall–Kier alpha value is -2.45. The van der Waals surface area contributed by atoms with E-state index in [1.165, 1.54) is 6.20 Å². The van der Waals surface area contributed by atoms with Crippen molar-refractivity contribution in [2.75, 3.05) is 5.73 Å². The van der Waals surface area contributed by atoms with Crippen LogP contribution < -0.4 is 11.3 Å². The molecule has 0 amide bonds. The van der Waals surface area contributed by atoms with Gasteiger partial charge in [0.05, 0.1) is 28.4 Å². The van der Waals surface area contributed by atoms with Gasteiger partial charge in [0.15, 0.2) is 5.65 Å². The first-order valence-electron chi connectivity index (χ1n) is 8.25. The molecule has 9 heteroatoms. The van der Waals surface area contributed by atoms with Crippen molar-refractivity contribution >= 4 is 27.6 Å². The number of unbranched alkanes of at least 4 members (excludes halogenated alkanes) is 2. The summed E-state index contributed by atoms with van der Waals surface area (Å²) in [6.45, 7) is 2.40. The molecule has 3 heterocycles. The average molecular weight is 355 g/mol. The summed E-state index contributed by atoms with van der Waals surface area (Å²) in [4.78, 5) is 16.8. The molecule has 3 rings (SSSR count). The van der Waals surface area contributed by atoms with Gasteiger partial charge < -0.3 is 15.4 Å². The number of nitrogen functional groups attached to an aromatic ring is 1. The number of rotatable bonds is 6. The average Bonchev–Trinajstić information content (AvgIpc) is 3.07. The van der Waals surface area contributed by atoms with Crippen LogP contribution in [0.2, 0.25) is 0 Å². The Kier molecular flexibility index (Phi) is 4.49. The van der Waals surface area contributed by atoms with E-state index in [2.05, 4.69) is 17.0 Å². The van der Waals surface area contributed by atoms with Crippen LogP contribution in [-0.2, 0) is 13.1 Å². The number of hydrogen-bond donors (Lipinski definition) is 2. The van der Waals surface area contributed by atoms with Gasteiger partial charge in [-0.15, -0.1) is 0 Å². The van der Waals surface area contributed by atoms with E-state index in [-0.39, 0.29) is 11.1 Å². The van der Waals surface area contributed by atoms with Crippen molar-refractivity contribution in [3.05, 3.63) is 22.7 Å². The van der Waals surface area contributed by atoms with Crippen molar-refractivity contribution in [2.45, 2.75) is 51.9 Å². The molecule has 0 radical (unpaired) electrons. The maximum atomic E-state index is 12.4. The highest BCUT2D eigenvalue weighted by molar-refractivity contribution is 6.05. The van der Waals surface area contributed by atoms with Crippen molar-refractivity contribution < 1.29 is 13.2 Å². The van der Waals surface area contributed by atoms with Crippen LogP contribution >= 0.6 is 0 Å². The Labute approximate surface area is 141 Å². The number of halogens is 3. The highest BCUT2D eigenvalue weighted by atomic mass is 19.4. The predicted octanol–water partition coefficient (Wildman–Crippen LogP) is 3.40. The minimum Gasteiger partial charge on any atom is -0.397 e. The number of aromatic amines is 1. The second-order valence-electron chi connectivity index (χ2n) is 6.15. The number of nitrogens with zero attached hydrogens (tertiary/aromatic N) is 3. The van der Waals surface area contributed by atoms with Crippen molar-refractivity contribution in [3.8, 4) is 0 Å². The van der Waals surface area contributed by atoms with E-state index in [0.717, 1.165) is 30.4 Å². The monoisotopic (exact) mass is 355 g/mol. The SMILES string of the molecule is CCCCCn1[nH]cc2c(N)c3c(=O)n(CCC(F)(F)F)cc3nc21. The van der Waals surface area contributed by atoms with Crippen LogP contribution in [0, 0.1) is 0 Å². The molecular weight excluding hydrogens is 335 g/mol. The molecule has 0 fully saturated rings. The van der Waals surface area contributed by atoms with Crippen LogP contribution in [0.15, 0.2) is 17.2 Å². The zero-order valence-corrected chi connectivity index (χ0v) is 13.9. The minimum absolute atomic E-state index is 0.175. The summed E-state index contributed by atoms with van der Waals surface area (Å²) in [6, 6.07) is 0. The Balaban J connectivity index is 2.03. The number of H-pyrrole nitrogens is 1. The number of nitrogens with two attached hydrogens (primary N) is 1. The summed E-state index contributed by atoms with van der Waals surface area (Å²) < 4.78 is 40.1. The predicted molar refractivity (Wildman–Crippen MR) is 90.5 cm³/mol. The van der Waals surface area contributed by atoms with Crippen LogP contribution in [0.1, 0.15) is 32.6 Å². The Bertz CT molecular complexity index is 951. The molecule has 6 nitrogen and oxygen atoms in total. The van der Waals surface area contributed by atoms with E-state index >= 15 is 0 Å². The number of anilines is 1. The van der Waals surface area contributed by atoms with Gasteiger partial charge in [0.25, 0.3) is 5.56 Å². The molecule has 0 saturated carbocycles. The lowest BCUT2D eigenvalue weighted by Gasteiger charge is -2.05. The molecule has 0 unspecified atom stereocenters. The van der Waals surface area contributed by atoms with Crippen LogP contribution in [0.3, 0.4) is 0 Å². The number of aromatic nitrogens is 4. The number of alkyl halides is 3. The molecule has 0 spiro atoms. The van der Waals surface area contributed by atoms with E-state index in [1.807, 2.05) is 4.68 Å². The van der Waals surface area contributed by atoms with Crippen LogP contribution in [0.5, 0.6) is 0 Å². The molecule has 3 aromatic heterocycles. The summed E-state index contributed by atoms with van der Waals surface area (Å²) in [6.07, 6.45) is 0.759. The van der Waals surface area contributed by atoms with E-state index in [9.17, 15) is 18.0 Å². The lowest BCUT2D eigenvalue weighted by Crippen LogP contribution is -2.19. The molecule has 0 aliphatic rings. The minimum atomic E-state index is -4.32. The van der Waals surface area contributed by atoms with Gasteiger partial charge in [0.2, 0.25) is 0 Å². The molecule has 0 saturated heterocycles. The van der Waals surface area contributed by atoms with Gasteiger partial charge in [-0.1, -0.05) is 19.8 Å². The van der Waals surface area contributed by atoms with E-state index in [4.69, 9.17) is 5.73 Å². The molecule has 3 aromatic rings. The van der Waals surface area contributed by atoms with Crippen LogP contribution in [0.25, 0.3) is 21.9 Å². The van der Waals surface area contributed by atoms with E-state index < -0.39 is 24.7 Å². The van der Waals surface area contributed by atoms with Gasteiger partial charge in [-0.2, -0.15) is 13.2 Å². The first kappa shape index (κ1) is 17.4. The molecule has 0 aromatic carbocycles. The molecule has 0 bridgehead atoms. The van der Waals surface area contributed by atoms with Crippen molar-refractivity contribution in [1.29, 1.82) is 0 Å². The summed E-state index contributed by atoms with van der Waals surface area (Å²) in [5.74, 6) is 0. The fourth-order valence-corrected chi connectivity index (χ4v) is 2.95. The highest BCUT2D eigenvalue weighted by Gasteiger charge is 2.27. The zero-order chi connectivity index (χ0) is 18.2. The second kappa shape index (κ2) is 6.45. The van der Waals surface area contributed by atoms with Gasteiger partial charge in [0, 0.05) is 25.5 Å². The van der Waals surface area contributed by atoms with E-state index in [0.29, 0.717) is 16.6 Å². The lowest BCUT2D eigenvalue weighted by molar-refractivity contribution is -0.136. The Morgan fingerprint density at radius 1 is 1.28 bits per heavy atom. The first-order chi connectivity index (χ1) is 11.8. The second-order valence-corrected chi connectivity index (χ2v) is 6.15. The van der Waals surface area contributed by atoms with Crippen LogP contribution in [0.4, 0.5) is 18.9 Å². The van der Waals surface area contributed by atoms with Crippen molar-refractivity contribution in [3.63, 3.8) is 0 Å². The van der Waals surface area contributed by atoms with Gasteiger partial charge in [-0.05, 0) is 6.42 Å². The number of hydrogen-bond acceptors (Lipinski definition) is 3. The Morgan fingerprint density at radius 3 is 2.72 bits per heavy atom. The van der Waals surface area contributed by atoms with Crippen molar-refractivity contribution in [1.82, 2.24) is 19.3 Å². The summed E-state index contributed by atoms with van der Waals surface area (Å²) in [7, 11) is 0. The van der Waals surface area contributed by atoms with Gasteiger partial charge in [0.1, 0.15) is 0 Å². The largest absolute Gasteiger partial charge is 0.397 e. The maximum absolute atomic E-state index is 12.4. The van der Waals surface area contributed by atoms with Gasteiger partial charge in [-0.3, -0.25) is 9.48 Å². The molecular formula is C16H20F3N5O. The third-order valence-corrected chi connectivity index (χ3v) is 4.28. The first-order valence-corrected chi connectivity index (χ1v) is 8.25. The van der Waals surface area contributed by atoms with Crippen molar-refractivity contribution in [2.24, 2.45) is 0 Å². The third-order valence-electron chi connectivity index (χ3n) is 4.28. The quantitative estimate of drug-likeness (QED) is 0.665. The number of aryl methyl sites for hydroxylation is 2. The summed E-state index contributed by atoms with van der Waals surface area (Å²) >= 11 is 0.